The second kappa shape index (κ2) is 16.9. The van der Waals surface area contributed by atoms with E-state index in [1.165, 1.54) is 0 Å². The van der Waals surface area contributed by atoms with Gasteiger partial charge in [0.1, 0.15) is 12.4 Å². The lowest BCUT2D eigenvalue weighted by Gasteiger charge is -2.37. The predicted molar refractivity (Wildman–Crippen MR) is 152 cm³/mol. The fourth-order valence-corrected chi connectivity index (χ4v) is 4.15. The predicted octanol–water partition coefficient (Wildman–Crippen LogP) is 5.80. The van der Waals surface area contributed by atoms with Gasteiger partial charge in [-0.2, -0.15) is 5.26 Å². The molecule has 1 aliphatic heterocycles. The lowest BCUT2D eigenvalue weighted by atomic mass is 10.1. The van der Waals surface area contributed by atoms with Gasteiger partial charge in [-0.05, 0) is 42.0 Å². The van der Waals surface area contributed by atoms with E-state index in [-0.39, 0.29) is 13.2 Å². The van der Waals surface area contributed by atoms with Gasteiger partial charge in [-0.3, -0.25) is 4.90 Å². The number of nitrogens with zero attached hydrogens (tertiary/aromatic N) is 3. The van der Waals surface area contributed by atoms with Gasteiger partial charge in [-0.15, -0.1) is 0 Å². The number of aliphatic hydroxyl groups excluding tert-OH is 2. The van der Waals surface area contributed by atoms with Crippen LogP contribution in [0.3, 0.4) is 0 Å². The Labute approximate surface area is 230 Å². The highest BCUT2D eigenvalue weighted by atomic mass is 35.5. The van der Waals surface area contributed by atoms with E-state index in [9.17, 15) is 5.11 Å². The molecule has 2 N–H and O–H groups in total. The van der Waals surface area contributed by atoms with Gasteiger partial charge in [0.25, 0.3) is 0 Å². The number of hydrogen-bond donors (Lipinski definition) is 2. The molecule has 0 bridgehead atoms. The summed E-state index contributed by atoms with van der Waals surface area (Å²) >= 11 is 11.9. The summed E-state index contributed by atoms with van der Waals surface area (Å²) in [5, 5.41) is 29.6. The molecule has 0 radical (unpaired) electrons. The Morgan fingerprint density at radius 2 is 1.59 bits per heavy atom. The van der Waals surface area contributed by atoms with Crippen LogP contribution in [0.2, 0.25) is 10.0 Å². The number of anilines is 1. The second-order valence-electron chi connectivity index (χ2n) is 8.02. The lowest BCUT2D eigenvalue weighted by molar-refractivity contribution is 0.109. The molecule has 1 fully saturated rings. The van der Waals surface area contributed by atoms with Crippen molar-refractivity contribution in [1.29, 1.82) is 5.26 Å². The van der Waals surface area contributed by atoms with Crippen molar-refractivity contribution in [2.24, 2.45) is 0 Å². The number of hydrogen-bond acceptors (Lipinski definition) is 6. The zero-order chi connectivity index (χ0) is 27.0. The highest BCUT2D eigenvalue weighted by Gasteiger charge is 2.21. The molecule has 0 spiro atoms. The lowest BCUT2D eigenvalue weighted by Crippen LogP contribution is -2.47. The summed E-state index contributed by atoms with van der Waals surface area (Å²) in [6.45, 7) is 8.05. The summed E-state index contributed by atoms with van der Waals surface area (Å²) in [4.78, 5) is 4.45. The van der Waals surface area contributed by atoms with Crippen LogP contribution in [-0.2, 0) is 0 Å². The molecule has 3 aromatic rings. The Bertz CT molecular complexity index is 1080. The zero-order valence-electron chi connectivity index (χ0n) is 21.4. The summed E-state index contributed by atoms with van der Waals surface area (Å²) in [5.41, 5.74) is 2.38. The Hall–Kier alpha value is -2.79. The molecule has 0 amide bonds. The fraction of sp³-hybridized carbons (Fsp3) is 0.345. The van der Waals surface area contributed by atoms with Crippen molar-refractivity contribution in [3.05, 3.63) is 94.0 Å². The second-order valence-corrected chi connectivity index (χ2v) is 8.86. The van der Waals surface area contributed by atoms with Crippen molar-refractivity contribution in [1.82, 2.24) is 4.90 Å². The van der Waals surface area contributed by atoms with Crippen LogP contribution in [0, 0.1) is 11.3 Å². The minimum atomic E-state index is -0.578. The van der Waals surface area contributed by atoms with E-state index >= 15 is 0 Å². The van der Waals surface area contributed by atoms with Crippen molar-refractivity contribution in [2.45, 2.75) is 20.0 Å². The number of piperazine rings is 1. The molecular weight excluding hydrogens is 509 g/mol. The first-order chi connectivity index (χ1) is 18.0. The van der Waals surface area contributed by atoms with Crippen molar-refractivity contribution < 1.29 is 14.9 Å². The molecule has 0 saturated carbocycles. The SMILES string of the molecule is CC.Clc1ccccc1.N#Cc1ccc(C(O)CN2CCN(c3ccc(OCCO)cc3Cl)CC2)cc1. The Balaban J connectivity index is 0.000000455. The Kier molecular flexibility index (Phi) is 13.9. The van der Waals surface area contributed by atoms with E-state index in [0.717, 1.165) is 42.5 Å². The van der Waals surface area contributed by atoms with Crippen LogP contribution in [0.5, 0.6) is 5.75 Å². The van der Waals surface area contributed by atoms with E-state index < -0.39 is 6.10 Å². The molecule has 3 aromatic carbocycles. The van der Waals surface area contributed by atoms with Crippen molar-refractivity contribution >= 4 is 28.9 Å². The monoisotopic (exact) mass is 543 g/mol. The molecule has 0 aliphatic carbocycles. The van der Waals surface area contributed by atoms with Gasteiger partial charge in [0.05, 0.1) is 35.1 Å². The third-order valence-corrected chi connectivity index (χ3v) is 6.14. The molecule has 8 heteroatoms. The van der Waals surface area contributed by atoms with Gasteiger partial charge in [0.2, 0.25) is 0 Å². The maximum absolute atomic E-state index is 10.5. The van der Waals surface area contributed by atoms with Crippen molar-refractivity contribution in [3.63, 3.8) is 0 Å². The van der Waals surface area contributed by atoms with E-state index in [4.69, 9.17) is 38.3 Å². The normalized spacial score (nSPS) is 13.8. The molecule has 37 heavy (non-hydrogen) atoms. The van der Waals surface area contributed by atoms with Gasteiger partial charge in [-0.1, -0.05) is 67.4 Å². The van der Waals surface area contributed by atoms with Crippen molar-refractivity contribution in [2.75, 3.05) is 50.8 Å². The molecule has 1 saturated heterocycles. The van der Waals surface area contributed by atoms with Crippen LogP contribution >= 0.6 is 23.2 Å². The van der Waals surface area contributed by atoms with Crippen LogP contribution in [0.4, 0.5) is 5.69 Å². The minimum absolute atomic E-state index is 0.0321. The summed E-state index contributed by atoms with van der Waals surface area (Å²) in [6.07, 6.45) is -0.578. The third-order valence-electron chi connectivity index (χ3n) is 5.58. The van der Waals surface area contributed by atoms with Crippen LogP contribution in [-0.4, -0.2) is 61.1 Å². The Morgan fingerprint density at radius 1 is 0.946 bits per heavy atom. The fourth-order valence-electron chi connectivity index (χ4n) is 3.71. The van der Waals surface area contributed by atoms with Gasteiger partial charge in [-0.25, -0.2) is 0 Å². The third kappa shape index (κ3) is 10.2. The summed E-state index contributed by atoms with van der Waals surface area (Å²) in [6, 6.07) is 24.2. The van der Waals surface area contributed by atoms with E-state index in [1.54, 1.807) is 30.3 Å². The van der Waals surface area contributed by atoms with Gasteiger partial charge in [0.15, 0.2) is 0 Å². The largest absolute Gasteiger partial charge is 0.491 e. The summed E-state index contributed by atoms with van der Waals surface area (Å²) < 4.78 is 5.39. The van der Waals surface area contributed by atoms with E-state index in [1.807, 2.05) is 56.3 Å². The van der Waals surface area contributed by atoms with E-state index in [0.29, 0.717) is 22.9 Å². The van der Waals surface area contributed by atoms with Gasteiger partial charge < -0.3 is 19.8 Å². The zero-order valence-corrected chi connectivity index (χ0v) is 22.9. The highest BCUT2D eigenvalue weighted by molar-refractivity contribution is 6.33. The van der Waals surface area contributed by atoms with Gasteiger partial charge in [0, 0.05) is 43.8 Å². The number of ether oxygens (including phenoxy) is 1. The van der Waals surface area contributed by atoms with Crippen molar-refractivity contribution in [3.8, 4) is 11.8 Å². The first kappa shape index (κ1) is 30.4. The van der Waals surface area contributed by atoms with E-state index in [2.05, 4.69) is 15.9 Å². The number of β-amino-alcohol motifs (C(OH)–C–C–N with tert-alkyl or cyclic N) is 1. The standard InChI is InChI=1S/C21H24ClN3O3.C6H5Cl.C2H6/c22-19-13-18(28-12-11-26)5-6-20(19)25-9-7-24(8-10-25)15-21(27)17-3-1-16(14-23)2-4-17;7-6-4-2-1-3-5-6;1-2/h1-6,13,21,26-27H,7-12,15H2;1-5H;1-2H3. The summed E-state index contributed by atoms with van der Waals surface area (Å²) in [5.74, 6) is 0.645. The first-order valence-electron chi connectivity index (χ1n) is 12.4. The average molecular weight is 545 g/mol. The Morgan fingerprint density at radius 3 is 2.11 bits per heavy atom. The minimum Gasteiger partial charge on any atom is -0.491 e. The molecule has 1 atom stereocenters. The van der Waals surface area contributed by atoms with Crippen LogP contribution in [0.25, 0.3) is 0 Å². The van der Waals surface area contributed by atoms with Gasteiger partial charge >= 0.3 is 0 Å². The van der Waals surface area contributed by atoms with Crippen LogP contribution in [0.15, 0.2) is 72.8 Å². The molecule has 0 aromatic heterocycles. The molecule has 6 nitrogen and oxygen atoms in total. The first-order valence-corrected chi connectivity index (χ1v) is 13.1. The maximum Gasteiger partial charge on any atom is 0.121 e. The molecule has 1 heterocycles. The number of benzene rings is 3. The molecular formula is C29H35Cl2N3O3. The number of nitriles is 1. The summed E-state index contributed by atoms with van der Waals surface area (Å²) in [7, 11) is 0. The van der Waals surface area contributed by atoms with Crippen LogP contribution in [0.1, 0.15) is 31.1 Å². The molecule has 1 unspecified atom stereocenters. The molecule has 1 aliphatic rings. The topological polar surface area (TPSA) is 80.0 Å². The highest BCUT2D eigenvalue weighted by Crippen LogP contribution is 2.31. The number of halogens is 2. The quantitative estimate of drug-likeness (QED) is 0.391. The smallest absolute Gasteiger partial charge is 0.121 e. The molecule has 198 valence electrons. The maximum atomic E-state index is 10.5. The number of aliphatic hydroxyl groups is 2. The average Bonchev–Trinajstić information content (AvgIpc) is 2.94. The van der Waals surface area contributed by atoms with Crippen LogP contribution < -0.4 is 9.64 Å². The molecule has 4 rings (SSSR count). The number of rotatable bonds is 7.